The van der Waals surface area contributed by atoms with E-state index in [0.717, 1.165) is 17.5 Å². The topological polar surface area (TPSA) is 88.1 Å². The predicted octanol–water partition coefficient (Wildman–Crippen LogP) is 2.42. The molecule has 0 aromatic heterocycles. The minimum absolute atomic E-state index is 0. The fraction of sp³-hybridized carbons (Fsp3) is 0.333. The summed E-state index contributed by atoms with van der Waals surface area (Å²) in [5.74, 6) is -0.154. The first-order chi connectivity index (χ1) is 13.7. The third-order valence-electron chi connectivity index (χ3n) is 5.29. The van der Waals surface area contributed by atoms with E-state index >= 15 is 0 Å². The van der Waals surface area contributed by atoms with Gasteiger partial charge in [-0.1, -0.05) is 36.4 Å². The molecular weight excluding hydrogens is 392 g/mol. The summed E-state index contributed by atoms with van der Waals surface area (Å²) in [6.45, 7) is 1.71. The molecular formula is C21H24N2O5S. The minimum Gasteiger partial charge on any atom is -0.491 e. The molecule has 2 aromatic carbocycles. The Morgan fingerprint density at radius 3 is 2.59 bits per heavy atom. The van der Waals surface area contributed by atoms with Crippen molar-refractivity contribution in [3.8, 4) is 5.75 Å². The van der Waals surface area contributed by atoms with Gasteiger partial charge >= 0.3 is 0 Å². The maximum atomic E-state index is 13.3. The number of hydrogen-bond donors (Lipinski definition) is 2. The second-order valence-electron chi connectivity index (χ2n) is 7.03. The molecule has 2 aromatic rings. The summed E-state index contributed by atoms with van der Waals surface area (Å²) in [5, 5.41) is 8.87. The van der Waals surface area contributed by atoms with Crippen molar-refractivity contribution >= 4 is 25.3 Å². The highest BCUT2D eigenvalue weighted by Crippen LogP contribution is 2.34. The molecule has 2 aliphatic heterocycles. The Labute approximate surface area is 176 Å². The fourth-order valence-corrected chi connectivity index (χ4v) is 3.72. The zero-order chi connectivity index (χ0) is 19.5. The summed E-state index contributed by atoms with van der Waals surface area (Å²) >= 11 is 0. The van der Waals surface area contributed by atoms with Gasteiger partial charge in [0.1, 0.15) is 12.4 Å². The lowest BCUT2D eigenvalue weighted by Crippen LogP contribution is -2.40. The number of ether oxygens (including phenoxy) is 2. The van der Waals surface area contributed by atoms with E-state index < -0.39 is 5.91 Å². The second-order valence-corrected chi connectivity index (χ2v) is 7.03. The number of hydroxylamine groups is 1. The molecule has 0 saturated carbocycles. The van der Waals surface area contributed by atoms with Crippen LogP contribution in [0, 0.1) is 5.92 Å². The van der Waals surface area contributed by atoms with Crippen LogP contribution in [0.3, 0.4) is 0 Å². The van der Waals surface area contributed by atoms with Crippen LogP contribution in [-0.2, 0) is 16.1 Å². The predicted molar refractivity (Wildman–Crippen MR) is 110 cm³/mol. The van der Waals surface area contributed by atoms with Gasteiger partial charge in [-0.25, -0.2) is 5.48 Å². The molecule has 0 aliphatic carbocycles. The molecule has 1 fully saturated rings. The van der Waals surface area contributed by atoms with Crippen LogP contribution in [0.2, 0.25) is 0 Å². The maximum absolute atomic E-state index is 13.3. The molecule has 154 valence electrons. The van der Waals surface area contributed by atoms with Crippen molar-refractivity contribution in [2.24, 2.45) is 5.92 Å². The number of nitrogens with zero attached hydrogens (tertiary/aromatic N) is 1. The molecule has 2 N–H and O–H groups in total. The first-order valence-corrected chi connectivity index (χ1v) is 9.30. The van der Waals surface area contributed by atoms with Gasteiger partial charge in [-0.05, 0) is 24.1 Å². The van der Waals surface area contributed by atoms with Crippen molar-refractivity contribution in [2.45, 2.75) is 19.0 Å². The summed E-state index contributed by atoms with van der Waals surface area (Å²) in [6.07, 6.45) is 0.722. The van der Waals surface area contributed by atoms with E-state index in [4.69, 9.17) is 14.7 Å². The average Bonchev–Trinajstić information content (AvgIpc) is 3.21. The number of amides is 2. The Morgan fingerprint density at radius 1 is 1.10 bits per heavy atom. The van der Waals surface area contributed by atoms with Crippen LogP contribution >= 0.6 is 13.5 Å². The monoisotopic (exact) mass is 416 g/mol. The average molecular weight is 416 g/mol. The molecule has 29 heavy (non-hydrogen) atoms. The highest BCUT2D eigenvalue weighted by atomic mass is 32.1. The first-order valence-electron chi connectivity index (χ1n) is 9.30. The Bertz CT molecular complexity index is 871. The van der Waals surface area contributed by atoms with E-state index in [9.17, 15) is 9.59 Å². The quantitative estimate of drug-likeness (QED) is 0.593. The molecule has 8 heteroatoms. The Hall–Kier alpha value is -2.55. The molecule has 2 heterocycles. The largest absolute Gasteiger partial charge is 0.491 e. The van der Waals surface area contributed by atoms with E-state index in [1.165, 1.54) is 0 Å². The molecule has 1 saturated heterocycles. The number of hydrogen-bond acceptors (Lipinski definition) is 5. The number of carbonyl (C=O) groups excluding carboxylic acids is 2. The van der Waals surface area contributed by atoms with Gasteiger partial charge in [0.25, 0.3) is 5.91 Å². The number of benzene rings is 2. The van der Waals surface area contributed by atoms with Gasteiger partial charge in [0.05, 0.1) is 25.1 Å². The third kappa shape index (κ3) is 4.39. The van der Waals surface area contributed by atoms with Crippen molar-refractivity contribution in [1.82, 2.24) is 10.4 Å². The van der Waals surface area contributed by atoms with E-state index in [-0.39, 0.29) is 38.0 Å². The van der Waals surface area contributed by atoms with Crippen molar-refractivity contribution in [3.63, 3.8) is 0 Å². The molecule has 2 atom stereocenters. The summed E-state index contributed by atoms with van der Waals surface area (Å²) < 4.78 is 11.4. The molecule has 0 bridgehead atoms. The summed E-state index contributed by atoms with van der Waals surface area (Å²) in [5.41, 5.74) is 3.74. The number of carbonyl (C=O) groups is 2. The Kier molecular flexibility index (Phi) is 6.79. The summed E-state index contributed by atoms with van der Waals surface area (Å²) in [7, 11) is 0. The molecule has 2 aliphatic rings. The zero-order valence-electron chi connectivity index (χ0n) is 15.8. The first kappa shape index (κ1) is 21.2. The van der Waals surface area contributed by atoms with Gasteiger partial charge in [-0.2, -0.15) is 13.5 Å². The lowest BCUT2D eigenvalue weighted by Gasteiger charge is -2.31. The maximum Gasteiger partial charge on any atom is 0.274 e. The van der Waals surface area contributed by atoms with E-state index in [2.05, 4.69) is 0 Å². The van der Waals surface area contributed by atoms with E-state index in [1.54, 1.807) is 23.7 Å². The highest BCUT2D eigenvalue weighted by Gasteiger charge is 2.35. The SMILES string of the molecule is O=C(NO)c1ccc2c(c1)OC[C@H](c1ccccc1)N(C(=O)[C@@H]1CCOC1)C2.S. The summed E-state index contributed by atoms with van der Waals surface area (Å²) in [6, 6.07) is 14.5. The number of nitrogens with one attached hydrogen (secondary N) is 1. The minimum atomic E-state index is -0.605. The van der Waals surface area contributed by atoms with Gasteiger partial charge in [0.15, 0.2) is 0 Å². The van der Waals surface area contributed by atoms with Crippen LogP contribution in [0.1, 0.15) is 33.9 Å². The standard InChI is InChI=1S/C21H22N2O5.H2S/c24-20(22-26)15-6-7-16-11-23(21(25)17-8-9-27-12-17)18(13-28-19(16)10-15)14-4-2-1-3-5-14;/h1-7,10,17-18,26H,8-9,11-13H2,(H,22,24);1H2/t17-,18-;/m1./s1. The smallest absolute Gasteiger partial charge is 0.274 e. The van der Waals surface area contributed by atoms with Gasteiger partial charge in [0, 0.05) is 17.7 Å². The van der Waals surface area contributed by atoms with Crippen molar-refractivity contribution in [2.75, 3.05) is 19.8 Å². The molecule has 4 rings (SSSR count). The van der Waals surface area contributed by atoms with Gasteiger partial charge in [-0.15, -0.1) is 0 Å². The zero-order valence-corrected chi connectivity index (χ0v) is 16.8. The number of rotatable bonds is 3. The van der Waals surface area contributed by atoms with Gasteiger partial charge in [0.2, 0.25) is 5.91 Å². The normalized spacial score (nSPS) is 20.7. The molecule has 0 spiro atoms. The Morgan fingerprint density at radius 2 is 1.90 bits per heavy atom. The van der Waals surface area contributed by atoms with Crippen molar-refractivity contribution in [3.05, 3.63) is 65.2 Å². The van der Waals surface area contributed by atoms with Crippen LogP contribution in [-0.4, -0.2) is 41.7 Å². The lowest BCUT2D eigenvalue weighted by molar-refractivity contribution is -0.139. The molecule has 0 unspecified atom stereocenters. The van der Waals surface area contributed by atoms with Crippen LogP contribution in [0.5, 0.6) is 5.75 Å². The number of fused-ring (bicyclic) bond motifs is 1. The lowest BCUT2D eigenvalue weighted by atomic mass is 10.0. The van der Waals surface area contributed by atoms with Crippen LogP contribution in [0.15, 0.2) is 48.5 Å². The summed E-state index contributed by atoms with van der Waals surface area (Å²) in [4.78, 5) is 26.8. The second kappa shape index (κ2) is 9.30. The van der Waals surface area contributed by atoms with Gasteiger partial charge < -0.3 is 14.4 Å². The van der Waals surface area contributed by atoms with Crippen LogP contribution < -0.4 is 10.2 Å². The van der Waals surface area contributed by atoms with Crippen molar-refractivity contribution < 1.29 is 24.3 Å². The van der Waals surface area contributed by atoms with Gasteiger partial charge in [-0.3, -0.25) is 14.8 Å². The van der Waals surface area contributed by atoms with Crippen molar-refractivity contribution in [1.29, 1.82) is 0 Å². The molecule has 0 radical (unpaired) electrons. The molecule has 2 amide bonds. The van der Waals surface area contributed by atoms with Crippen LogP contribution in [0.25, 0.3) is 0 Å². The highest BCUT2D eigenvalue weighted by molar-refractivity contribution is 7.59. The molecule has 7 nitrogen and oxygen atoms in total. The van der Waals surface area contributed by atoms with Crippen LogP contribution in [0.4, 0.5) is 0 Å². The Balaban J connectivity index is 0.00000240. The third-order valence-corrected chi connectivity index (χ3v) is 5.29. The van der Waals surface area contributed by atoms with E-state index in [1.807, 2.05) is 35.2 Å². The fourth-order valence-electron chi connectivity index (χ4n) is 3.72. The van der Waals surface area contributed by atoms with E-state index in [0.29, 0.717) is 31.1 Å².